The Labute approximate surface area is 189 Å². The number of aromatic nitrogens is 2. The zero-order valence-corrected chi connectivity index (χ0v) is 19.0. The summed E-state index contributed by atoms with van der Waals surface area (Å²) in [4.78, 5) is 34.9. The topological polar surface area (TPSA) is 58.4 Å². The molecule has 0 bridgehead atoms. The molecule has 0 spiro atoms. The van der Waals surface area contributed by atoms with Crippen LogP contribution in [0.4, 0.5) is 0 Å². The number of fused-ring (bicyclic) bond motifs is 1. The Kier molecular flexibility index (Phi) is 6.88. The van der Waals surface area contributed by atoms with Gasteiger partial charge in [-0.05, 0) is 43.5 Å². The molecule has 6 heteroatoms. The van der Waals surface area contributed by atoms with Crippen LogP contribution in [0.3, 0.4) is 0 Å². The van der Waals surface area contributed by atoms with Gasteiger partial charge in [0.2, 0.25) is 5.91 Å². The van der Waals surface area contributed by atoms with Crippen LogP contribution < -0.4 is 0 Å². The van der Waals surface area contributed by atoms with Crippen LogP contribution >= 0.6 is 0 Å². The fraction of sp³-hybridized carbons (Fsp3) is 0.423. The lowest BCUT2D eigenvalue weighted by atomic mass is 10.0. The molecule has 3 aromatic rings. The highest BCUT2D eigenvalue weighted by Gasteiger charge is 2.30. The van der Waals surface area contributed by atoms with Crippen molar-refractivity contribution in [2.24, 2.45) is 0 Å². The number of nitrogens with zero attached hydrogens (tertiary/aromatic N) is 4. The maximum atomic E-state index is 13.4. The van der Waals surface area contributed by atoms with Crippen molar-refractivity contribution in [3.8, 4) is 0 Å². The summed E-state index contributed by atoms with van der Waals surface area (Å²) in [5.74, 6) is 1.16. The molecule has 2 amide bonds. The van der Waals surface area contributed by atoms with E-state index in [-0.39, 0.29) is 17.9 Å². The molecule has 2 aromatic carbocycles. The van der Waals surface area contributed by atoms with Gasteiger partial charge in [-0.2, -0.15) is 0 Å². The predicted molar refractivity (Wildman–Crippen MR) is 126 cm³/mol. The van der Waals surface area contributed by atoms with Crippen molar-refractivity contribution in [2.45, 2.75) is 52.1 Å². The van der Waals surface area contributed by atoms with Crippen LogP contribution in [0.2, 0.25) is 0 Å². The third-order valence-electron chi connectivity index (χ3n) is 6.34. The minimum Gasteiger partial charge on any atom is -0.338 e. The van der Waals surface area contributed by atoms with E-state index in [0.717, 1.165) is 54.6 Å². The smallest absolute Gasteiger partial charge is 0.253 e. The first-order valence-corrected chi connectivity index (χ1v) is 11.7. The van der Waals surface area contributed by atoms with Gasteiger partial charge in [0.15, 0.2) is 0 Å². The number of piperidine rings is 1. The molecule has 1 aromatic heterocycles. The van der Waals surface area contributed by atoms with Gasteiger partial charge in [-0.3, -0.25) is 9.59 Å². The first-order chi connectivity index (χ1) is 15.6. The van der Waals surface area contributed by atoms with Crippen LogP contribution in [0, 0.1) is 0 Å². The van der Waals surface area contributed by atoms with Gasteiger partial charge >= 0.3 is 0 Å². The average molecular weight is 433 g/mol. The number of benzene rings is 2. The van der Waals surface area contributed by atoms with E-state index in [2.05, 4.69) is 18.4 Å². The molecule has 0 unspecified atom stereocenters. The number of hydrogen-bond acceptors (Lipinski definition) is 3. The van der Waals surface area contributed by atoms with Crippen LogP contribution in [0.25, 0.3) is 11.0 Å². The van der Waals surface area contributed by atoms with Crippen molar-refractivity contribution in [3.63, 3.8) is 0 Å². The minimum absolute atomic E-state index is 0.0786. The highest BCUT2D eigenvalue weighted by molar-refractivity contribution is 5.94. The van der Waals surface area contributed by atoms with Gasteiger partial charge < -0.3 is 14.4 Å². The molecule has 0 atom stereocenters. The second-order valence-corrected chi connectivity index (χ2v) is 8.43. The summed E-state index contributed by atoms with van der Waals surface area (Å²) < 4.78 is 2.06. The third-order valence-corrected chi connectivity index (χ3v) is 6.34. The predicted octanol–water partition coefficient (Wildman–Crippen LogP) is 4.14. The number of imidazole rings is 1. The van der Waals surface area contributed by atoms with Gasteiger partial charge in [0.05, 0.1) is 11.0 Å². The lowest BCUT2D eigenvalue weighted by Crippen LogP contribution is -2.49. The van der Waals surface area contributed by atoms with E-state index in [0.29, 0.717) is 19.6 Å². The molecule has 0 aliphatic carbocycles. The maximum absolute atomic E-state index is 13.4. The SMILES string of the molecule is CCCN(C(=O)Cn1c(CC)nc2ccccc21)C1CCN(C(=O)c2ccccc2)CC1. The Balaban J connectivity index is 1.45. The molecule has 1 aliphatic heterocycles. The van der Waals surface area contributed by atoms with Crippen LogP contribution in [0.15, 0.2) is 54.6 Å². The number of aryl methyl sites for hydroxylation is 1. The van der Waals surface area contributed by atoms with E-state index in [9.17, 15) is 9.59 Å². The van der Waals surface area contributed by atoms with Gasteiger partial charge in [-0.1, -0.05) is 44.2 Å². The van der Waals surface area contributed by atoms with Crippen molar-refractivity contribution in [2.75, 3.05) is 19.6 Å². The first kappa shape index (κ1) is 22.1. The molecule has 4 rings (SSSR count). The normalized spacial score (nSPS) is 14.6. The Morgan fingerprint density at radius 1 is 1.00 bits per heavy atom. The van der Waals surface area contributed by atoms with Crippen molar-refractivity contribution in [1.29, 1.82) is 0 Å². The number of carbonyl (C=O) groups excluding carboxylic acids is 2. The summed E-state index contributed by atoms with van der Waals surface area (Å²) in [5, 5.41) is 0. The summed E-state index contributed by atoms with van der Waals surface area (Å²) >= 11 is 0. The second-order valence-electron chi connectivity index (χ2n) is 8.43. The molecule has 0 N–H and O–H groups in total. The Bertz CT molecular complexity index is 1070. The van der Waals surface area contributed by atoms with Crippen LogP contribution in [-0.2, 0) is 17.8 Å². The lowest BCUT2D eigenvalue weighted by molar-refractivity contribution is -0.135. The molecule has 1 fully saturated rings. The van der Waals surface area contributed by atoms with Crippen molar-refractivity contribution in [1.82, 2.24) is 19.4 Å². The van der Waals surface area contributed by atoms with Gasteiger partial charge in [0.25, 0.3) is 5.91 Å². The highest BCUT2D eigenvalue weighted by Crippen LogP contribution is 2.21. The molecule has 168 valence electrons. The number of para-hydroxylation sites is 2. The fourth-order valence-electron chi connectivity index (χ4n) is 4.69. The van der Waals surface area contributed by atoms with E-state index >= 15 is 0 Å². The number of rotatable bonds is 7. The van der Waals surface area contributed by atoms with Crippen molar-refractivity contribution < 1.29 is 9.59 Å². The van der Waals surface area contributed by atoms with Gasteiger partial charge in [-0.25, -0.2) is 4.98 Å². The van der Waals surface area contributed by atoms with Crippen LogP contribution in [0.1, 0.15) is 49.3 Å². The van der Waals surface area contributed by atoms with Crippen molar-refractivity contribution in [3.05, 3.63) is 66.0 Å². The number of carbonyl (C=O) groups is 2. The molecular formula is C26H32N4O2. The average Bonchev–Trinajstić information content (AvgIpc) is 3.20. The van der Waals surface area contributed by atoms with E-state index in [1.54, 1.807) is 0 Å². The quantitative estimate of drug-likeness (QED) is 0.564. The number of hydrogen-bond donors (Lipinski definition) is 0. The van der Waals surface area contributed by atoms with Gasteiger partial charge in [-0.15, -0.1) is 0 Å². The van der Waals surface area contributed by atoms with Crippen molar-refractivity contribution >= 4 is 22.8 Å². The van der Waals surface area contributed by atoms with E-state index in [1.807, 2.05) is 64.4 Å². The largest absolute Gasteiger partial charge is 0.338 e. The zero-order chi connectivity index (χ0) is 22.5. The van der Waals surface area contributed by atoms with Gasteiger partial charge in [0.1, 0.15) is 12.4 Å². The second kappa shape index (κ2) is 9.98. The fourth-order valence-corrected chi connectivity index (χ4v) is 4.69. The third kappa shape index (κ3) is 4.54. The minimum atomic E-state index is 0.0786. The monoisotopic (exact) mass is 432 g/mol. The zero-order valence-electron chi connectivity index (χ0n) is 19.0. The van der Waals surface area contributed by atoms with E-state index in [1.165, 1.54) is 0 Å². The Hall–Kier alpha value is -3.15. The number of likely N-dealkylation sites (tertiary alicyclic amines) is 1. The van der Waals surface area contributed by atoms with Crippen LogP contribution in [-0.4, -0.2) is 56.8 Å². The van der Waals surface area contributed by atoms with E-state index in [4.69, 9.17) is 4.98 Å². The maximum Gasteiger partial charge on any atom is 0.253 e. The Morgan fingerprint density at radius 3 is 2.38 bits per heavy atom. The molecule has 0 saturated carbocycles. The molecule has 0 radical (unpaired) electrons. The Morgan fingerprint density at radius 2 is 1.69 bits per heavy atom. The summed E-state index contributed by atoms with van der Waals surface area (Å²) in [6, 6.07) is 17.6. The molecule has 6 nitrogen and oxygen atoms in total. The summed E-state index contributed by atoms with van der Waals surface area (Å²) in [6.07, 6.45) is 3.33. The van der Waals surface area contributed by atoms with Gasteiger partial charge in [0, 0.05) is 37.7 Å². The molecule has 1 aliphatic rings. The molecule has 32 heavy (non-hydrogen) atoms. The lowest BCUT2D eigenvalue weighted by Gasteiger charge is -2.38. The molecular weight excluding hydrogens is 400 g/mol. The first-order valence-electron chi connectivity index (χ1n) is 11.7. The summed E-state index contributed by atoms with van der Waals surface area (Å²) in [5.41, 5.74) is 2.68. The summed E-state index contributed by atoms with van der Waals surface area (Å²) in [7, 11) is 0. The molecule has 2 heterocycles. The van der Waals surface area contributed by atoms with Crippen LogP contribution in [0.5, 0.6) is 0 Å². The number of amides is 2. The highest BCUT2D eigenvalue weighted by atomic mass is 16.2. The molecule has 1 saturated heterocycles. The van der Waals surface area contributed by atoms with E-state index < -0.39 is 0 Å². The summed E-state index contributed by atoms with van der Waals surface area (Å²) in [6.45, 7) is 6.60. The standard InChI is InChI=1S/C26H32N4O2/c1-3-16-29(21-14-17-28(18-15-21)26(32)20-10-6-5-7-11-20)25(31)19-30-23-13-9-8-12-22(23)27-24(30)4-2/h5-13,21H,3-4,14-19H2,1-2H3.